The maximum atomic E-state index is 12.5. The number of oxazole rings is 1. The summed E-state index contributed by atoms with van der Waals surface area (Å²) in [5.74, 6) is 2.09. The molecule has 0 aliphatic carbocycles. The summed E-state index contributed by atoms with van der Waals surface area (Å²) in [6, 6.07) is 5.38. The number of hydrogen-bond acceptors (Lipinski definition) is 7. The molecule has 0 aliphatic heterocycles. The Bertz CT molecular complexity index is 915. The van der Waals surface area contributed by atoms with Crippen molar-refractivity contribution in [3.8, 4) is 23.0 Å². The van der Waals surface area contributed by atoms with E-state index in [1.807, 2.05) is 6.07 Å². The monoisotopic (exact) mass is 479 g/mol. The summed E-state index contributed by atoms with van der Waals surface area (Å²) in [5, 5.41) is 2.88. The minimum Gasteiger partial charge on any atom is -0.493 e. The zero-order chi connectivity index (χ0) is 24.2. The van der Waals surface area contributed by atoms with E-state index in [0.717, 1.165) is 31.6 Å². The fourth-order valence-electron chi connectivity index (χ4n) is 3.40. The van der Waals surface area contributed by atoms with Crippen LogP contribution in [0.1, 0.15) is 44.6 Å². The molecule has 184 valence electrons. The highest BCUT2D eigenvalue weighted by Gasteiger charge is 2.17. The minimum absolute atomic E-state index is 0.0503. The van der Waals surface area contributed by atoms with Crippen LogP contribution in [0.4, 0.5) is 0 Å². The molecule has 1 N–H and O–H groups in total. The van der Waals surface area contributed by atoms with Crippen LogP contribution in [0.3, 0.4) is 0 Å². The molecule has 1 aromatic carbocycles. The van der Waals surface area contributed by atoms with Crippen molar-refractivity contribution in [2.24, 2.45) is 0 Å². The molecule has 0 radical (unpaired) electrons. The molecule has 0 saturated heterocycles. The Labute approximate surface area is 199 Å². The van der Waals surface area contributed by atoms with E-state index in [1.54, 1.807) is 33.3 Å². The van der Waals surface area contributed by atoms with Crippen molar-refractivity contribution in [3.05, 3.63) is 29.7 Å². The second-order valence-corrected chi connectivity index (χ2v) is 9.27. The van der Waals surface area contributed by atoms with Gasteiger partial charge in [-0.3, -0.25) is 9.00 Å². The molecule has 2 aromatic rings. The number of ether oxygens (including phenoxy) is 2. The second-order valence-electron chi connectivity index (χ2n) is 7.81. The van der Waals surface area contributed by atoms with Gasteiger partial charge in [0.25, 0.3) is 0 Å². The Hall–Kier alpha value is -2.39. The standard InChI is InChI=1S/C24H37N3O5S/c1-6-8-13-27(7-2)14-9-12-25-23(28)17-33(29)16-20-18(3)32-24(26-20)19-10-11-21(30-4)22(15-19)31-5/h10-11,15H,6-9,12-14,16-17H2,1-5H3,(H,25,28)/t33-/m0/s1. The fraction of sp³-hybridized carbons (Fsp3) is 0.583. The molecule has 0 aliphatic rings. The molecule has 1 atom stereocenters. The first kappa shape index (κ1) is 26.9. The number of aromatic nitrogens is 1. The number of nitrogens with one attached hydrogen (secondary N) is 1. The predicted octanol–water partition coefficient (Wildman–Crippen LogP) is 3.54. The molecule has 33 heavy (non-hydrogen) atoms. The van der Waals surface area contributed by atoms with Crippen LogP contribution in [0.25, 0.3) is 11.5 Å². The van der Waals surface area contributed by atoms with Crippen LogP contribution in [-0.4, -0.2) is 66.2 Å². The van der Waals surface area contributed by atoms with E-state index in [2.05, 4.69) is 29.0 Å². The first-order chi connectivity index (χ1) is 15.9. The van der Waals surface area contributed by atoms with Crippen molar-refractivity contribution in [2.45, 2.75) is 45.8 Å². The van der Waals surface area contributed by atoms with E-state index in [9.17, 15) is 9.00 Å². The van der Waals surface area contributed by atoms with E-state index in [-0.39, 0.29) is 17.4 Å². The van der Waals surface area contributed by atoms with Crippen LogP contribution in [0.15, 0.2) is 22.6 Å². The van der Waals surface area contributed by atoms with Gasteiger partial charge >= 0.3 is 0 Å². The minimum atomic E-state index is -1.38. The smallest absolute Gasteiger partial charge is 0.232 e. The highest BCUT2D eigenvalue weighted by atomic mass is 32.2. The van der Waals surface area contributed by atoms with Crippen molar-refractivity contribution in [1.82, 2.24) is 15.2 Å². The van der Waals surface area contributed by atoms with Crippen LogP contribution < -0.4 is 14.8 Å². The van der Waals surface area contributed by atoms with Gasteiger partial charge in [-0.05, 0) is 57.6 Å². The maximum absolute atomic E-state index is 12.5. The third-order valence-corrected chi connectivity index (χ3v) is 6.54. The average Bonchev–Trinajstić information content (AvgIpc) is 3.17. The predicted molar refractivity (Wildman–Crippen MR) is 131 cm³/mol. The van der Waals surface area contributed by atoms with Crippen LogP contribution in [-0.2, 0) is 21.3 Å². The largest absolute Gasteiger partial charge is 0.493 e. The van der Waals surface area contributed by atoms with E-state index in [1.165, 1.54) is 12.8 Å². The Kier molecular flexibility index (Phi) is 11.4. The van der Waals surface area contributed by atoms with Crippen molar-refractivity contribution in [3.63, 3.8) is 0 Å². The molecule has 1 aromatic heterocycles. The molecule has 0 bridgehead atoms. The highest BCUT2D eigenvalue weighted by Crippen LogP contribution is 2.32. The Morgan fingerprint density at radius 2 is 1.88 bits per heavy atom. The number of benzene rings is 1. The molecule has 0 fully saturated rings. The van der Waals surface area contributed by atoms with Crippen molar-refractivity contribution >= 4 is 16.7 Å². The molecule has 1 heterocycles. The maximum Gasteiger partial charge on any atom is 0.232 e. The van der Waals surface area contributed by atoms with Crippen molar-refractivity contribution in [1.29, 1.82) is 0 Å². The zero-order valence-electron chi connectivity index (χ0n) is 20.4. The zero-order valence-corrected chi connectivity index (χ0v) is 21.3. The van der Waals surface area contributed by atoms with Crippen LogP contribution >= 0.6 is 0 Å². The first-order valence-corrected chi connectivity index (χ1v) is 12.9. The lowest BCUT2D eigenvalue weighted by molar-refractivity contribution is -0.118. The Morgan fingerprint density at radius 3 is 2.55 bits per heavy atom. The number of nitrogens with zero attached hydrogens (tertiary/aromatic N) is 2. The van der Waals surface area contributed by atoms with E-state index in [0.29, 0.717) is 35.4 Å². The van der Waals surface area contributed by atoms with E-state index < -0.39 is 10.8 Å². The summed E-state index contributed by atoms with van der Waals surface area (Å²) in [5.41, 5.74) is 1.31. The van der Waals surface area contributed by atoms with Gasteiger partial charge in [0.2, 0.25) is 11.8 Å². The SMILES string of the molecule is CCCCN(CC)CCCNC(=O)C[S@@](=O)Cc1nc(-c2ccc(OC)c(OC)c2)oc1C. The highest BCUT2D eigenvalue weighted by molar-refractivity contribution is 7.84. The summed E-state index contributed by atoms with van der Waals surface area (Å²) in [6.07, 6.45) is 3.25. The molecule has 1 amide bonds. The number of carbonyl (C=O) groups excluding carboxylic acids is 1. The average molecular weight is 480 g/mol. The topological polar surface area (TPSA) is 93.9 Å². The molecular formula is C24H37N3O5S. The van der Waals surface area contributed by atoms with Gasteiger partial charge in [-0.15, -0.1) is 0 Å². The van der Waals surface area contributed by atoms with Gasteiger partial charge in [0.15, 0.2) is 11.5 Å². The van der Waals surface area contributed by atoms with Gasteiger partial charge in [0.1, 0.15) is 11.5 Å². The number of rotatable bonds is 15. The van der Waals surface area contributed by atoms with Gasteiger partial charge in [-0.1, -0.05) is 20.3 Å². The quantitative estimate of drug-likeness (QED) is 0.391. The molecule has 2 rings (SSSR count). The van der Waals surface area contributed by atoms with Gasteiger partial charge in [0.05, 0.1) is 25.7 Å². The lowest BCUT2D eigenvalue weighted by Crippen LogP contribution is -2.32. The number of unbranched alkanes of at least 4 members (excludes halogenated alkanes) is 1. The number of carbonyl (C=O) groups is 1. The van der Waals surface area contributed by atoms with Crippen LogP contribution in [0.5, 0.6) is 11.5 Å². The third kappa shape index (κ3) is 8.47. The summed E-state index contributed by atoms with van der Waals surface area (Å²) in [6.45, 7) is 9.77. The lowest BCUT2D eigenvalue weighted by Gasteiger charge is -2.19. The van der Waals surface area contributed by atoms with Gasteiger partial charge in [-0.2, -0.15) is 0 Å². The first-order valence-electron chi connectivity index (χ1n) is 11.4. The number of methoxy groups -OCH3 is 2. The lowest BCUT2D eigenvalue weighted by atomic mass is 10.2. The molecule has 9 heteroatoms. The Balaban J connectivity index is 1.84. The summed E-state index contributed by atoms with van der Waals surface area (Å²) in [7, 11) is 1.76. The number of hydrogen-bond donors (Lipinski definition) is 1. The van der Waals surface area contributed by atoms with Crippen LogP contribution in [0.2, 0.25) is 0 Å². The van der Waals surface area contributed by atoms with Crippen molar-refractivity contribution < 1.29 is 22.9 Å². The Morgan fingerprint density at radius 1 is 1.15 bits per heavy atom. The normalized spacial score (nSPS) is 12.1. The third-order valence-electron chi connectivity index (χ3n) is 5.36. The number of amides is 1. The fourth-order valence-corrected chi connectivity index (χ4v) is 4.47. The van der Waals surface area contributed by atoms with E-state index in [4.69, 9.17) is 13.9 Å². The molecule has 0 spiro atoms. The second kappa shape index (κ2) is 14.0. The van der Waals surface area contributed by atoms with Gasteiger partial charge in [0, 0.05) is 22.9 Å². The summed E-state index contributed by atoms with van der Waals surface area (Å²) >= 11 is 0. The summed E-state index contributed by atoms with van der Waals surface area (Å²) in [4.78, 5) is 19.1. The number of aryl methyl sites for hydroxylation is 1. The molecule has 8 nitrogen and oxygen atoms in total. The molecule has 0 saturated carbocycles. The van der Waals surface area contributed by atoms with Gasteiger partial charge < -0.3 is 24.1 Å². The van der Waals surface area contributed by atoms with Crippen molar-refractivity contribution in [2.75, 3.05) is 46.2 Å². The molecular weight excluding hydrogens is 442 g/mol. The van der Waals surface area contributed by atoms with Gasteiger partial charge in [-0.25, -0.2) is 4.98 Å². The van der Waals surface area contributed by atoms with E-state index >= 15 is 0 Å². The van der Waals surface area contributed by atoms with Crippen LogP contribution in [0, 0.1) is 6.92 Å². The summed E-state index contributed by atoms with van der Waals surface area (Å²) < 4.78 is 28.9. The molecule has 0 unspecified atom stereocenters.